The molecule has 34 heavy (non-hydrogen) atoms. The Balaban J connectivity index is 1.30. The summed E-state index contributed by atoms with van der Waals surface area (Å²) in [5, 5.41) is 5.77. The Morgan fingerprint density at radius 2 is 1.82 bits per heavy atom. The van der Waals surface area contributed by atoms with E-state index in [0.717, 1.165) is 65.7 Å². The van der Waals surface area contributed by atoms with Gasteiger partial charge in [-0.1, -0.05) is 18.2 Å². The molecule has 0 radical (unpaired) electrons. The molecule has 1 aliphatic heterocycles. The van der Waals surface area contributed by atoms with Crippen molar-refractivity contribution >= 4 is 16.9 Å². The molecule has 9 nitrogen and oxygen atoms in total. The van der Waals surface area contributed by atoms with Crippen LogP contribution in [-0.4, -0.2) is 47.7 Å². The molecule has 0 aliphatic carbocycles. The highest BCUT2D eigenvalue weighted by Gasteiger charge is 2.28. The molecule has 170 valence electrons. The number of anilines is 1. The molecule has 3 aromatic heterocycles. The fourth-order valence-electron chi connectivity index (χ4n) is 4.51. The van der Waals surface area contributed by atoms with Crippen molar-refractivity contribution in [1.29, 1.82) is 0 Å². The smallest absolute Gasteiger partial charge is 0.164 e. The highest BCUT2D eigenvalue weighted by Crippen LogP contribution is 2.35. The van der Waals surface area contributed by atoms with Crippen LogP contribution in [-0.2, 0) is 6.54 Å². The lowest BCUT2D eigenvalue weighted by atomic mass is 10.1. The maximum atomic E-state index is 6.30. The number of fused-ring (bicyclic) bond motifs is 1. The number of para-hydroxylation sites is 1. The summed E-state index contributed by atoms with van der Waals surface area (Å²) < 4.78 is 7.95. The minimum atomic E-state index is 0.196. The second-order valence-electron chi connectivity index (χ2n) is 8.40. The van der Waals surface area contributed by atoms with Crippen LogP contribution in [0.1, 0.15) is 18.3 Å². The van der Waals surface area contributed by atoms with Crippen LogP contribution in [0.2, 0.25) is 0 Å². The molecule has 0 saturated carbocycles. The van der Waals surface area contributed by atoms with E-state index in [0.29, 0.717) is 5.82 Å². The third-order valence-corrected chi connectivity index (χ3v) is 6.15. The molecule has 6 rings (SSSR count). The predicted octanol–water partition coefficient (Wildman–Crippen LogP) is 4.04. The zero-order chi connectivity index (χ0) is 22.9. The van der Waals surface area contributed by atoms with Gasteiger partial charge < -0.3 is 15.5 Å². The number of likely N-dealkylation sites (tertiary alicyclic amines) is 1. The van der Waals surface area contributed by atoms with E-state index in [-0.39, 0.29) is 6.04 Å². The van der Waals surface area contributed by atoms with Crippen molar-refractivity contribution in [3.05, 3.63) is 79.1 Å². The number of aromatic amines is 1. The number of ether oxygens (including phenoxy) is 1. The maximum absolute atomic E-state index is 6.30. The van der Waals surface area contributed by atoms with Crippen molar-refractivity contribution in [2.75, 3.05) is 18.8 Å². The molecule has 1 aliphatic rings. The van der Waals surface area contributed by atoms with Gasteiger partial charge in [-0.3, -0.25) is 4.90 Å². The van der Waals surface area contributed by atoms with Crippen LogP contribution < -0.4 is 10.5 Å². The summed E-state index contributed by atoms with van der Waals surface area (Å²) in [6.07, 6.45) is 6.12. The van der Waals surface area contributed by atoms with Gasteiger partial charge in [0, 0.05) is 31.0 Å². The number of nitrogens with one attached hydrogen (secondary N) is 1. The van der Waals surface area contributed by atoms with E-state index in [1.54, 1.807) is 6.20 Å². The molecular weight excluding hydrogens is 428 g/mol. The number of H-pyrrole nitrogens is 1. The minimum Gasteiger partial charge on any atom is -0.457 e. The third-order valence-electron chi connectivity index (χ3n) is 6.15. The van der Waals surface area contributed by atoms with Gasteiger partial charge in [0.2, 0.25) is 0 Å². The summed E-state index contributed by atoms with van der Waals surface area (Å²) in [6.45, 7) is 2.62. The van der Waals surface area contributed by atoms with Crippen LogP contribution in [0.3, 0.4) is 0 Å². The molecule has 5 aromatic rings. The number of aromatic nitrogens is 6. The van der Waals surface area contributed by atoms with E-state index in [1.807, 2.05) is 65.5 Å². The molecule has 1 fully saturated rings. The van der Waals surface area contributed by atoms with Crippen molar-refractivity contribution in [2.24, 2.45) is 0 Å². The number of imidazole rings is 1. The number of hydrogen-bond acceptors (Lipinski definition) is 7. The standard InChI is InChI=1S/C25H24N8O/c26-24-22-23(17-6-8-20(9-7-17)34-19-4-2-1-3-5-19)31-33(25(22)30-16-29-24)18-10-13-32(14-18)15-21-27-11-12-28-21/h1-9,11-12,16,18H,10,13-15H2,(H,27,28)(H2,26,29,30). The topological polar surface area (TPSA) is 111 Å². The zero-order valence-electron chi connectivity index (χ0n) is 18.5. The van der Waals surface area contributed by atoms with Crippen LogP contribution in [0.4, 0.5) is 5.82 Å². The number of nitrogens with zero attached hydrogens (tertiary/aromatic N) is 6. The molecule has 0 bridgehead atoms. The third kappa shape index (κ3) is 3.86. The van der Waals surface area contributed by atoms with E-state index < -0.39 is 0 Å². The van der Waals surface area contributed by atoms with Gasteiger partial charge in [0.1, 0.15) is 35.2 Å². The Morgan fingerprint density at radius 1 is 1.00 bits per heavy atom. The fourth-order valence-corrected chi connectivity index (χ4v) is 4.51. The summed E-state index contributed by atoms with van der Waals surface area (Å²) in [5.41, 5.74) is 8.79. The second kappa shape index (κ2) is 8.60. The molecule has 1 unspecified atom stereocenters. The first-order chi connectivity index (χ1) is 16.7. The monoisotopic (exact) mass is 452 g/mol. The van der Waals surface area contributed by atoms with Crippen molar-refractivity contribution in [3.8, 4) is 22.8 Å². The molecule has 1 saturated heterocycles. The van der Waals surface area contributed by atoms with E-state index in [9.17, 15) is 0 Å². The molecule has 0 amide bonds. The summed E-state index contributed by atoms with van der Waals surface area (Å²) in [4.78, 5) is 18.7. The summed E-state index contributed by atoms with van der Waals surface area (Å²) in [7, 11) is 0. The van der Waals surface area contributed by atoms with Crippen LogP contribution >= 0.6 is 0 Å². The number of benzene rings is 2. The number of nitrogen functional groups attached to an aromatic ring is 1. The van der Waals surface area contributed by atoms with Crippen LogP contribution in [0.5, 0.6) is 11.5 Å². The number of nitrogens with two attached hydrogens (primary N) is 1. The molecule has 4 heterocycles. The van der Waals surface area contributed by atoms with Crippen molar-refractivity contribution in [1.82, 2.24) is 34.6 Å². The lowest BCUT2D eigenvalue weighted by molar-refractivity contribution is 0.306. The Kier molecular flexibility index (Phi) is 5.15. The van der Waals surface area contributed by atoms with Crippen LogP contribution in [0, 0.1) is 0 Å². The minimum absolute atomic E-state index is 0.196. The lowest BCUT2D eigenvalue weighted by Gasteiger charge is -2.15. The first-order valence-corrected chi connectivity index (χ1v) is 11.3. The quantitative estimate of drug-likeness (QED) is 0.400. The van der Waals surface area contributed by atoms with Gasteiger partial charge in [0.15, 0.2) is 5.65 Å². The van der Waals surface area contributed by atoms with Gasteiger partial charge in [0.25, 0.3) is 0 Å². The summed E-state index contributed by atoms with van der Waals surface area (Å²) >= 11 is 0. The Bertz CT molecular complexity index is 1400. The van der Waals surface area contributed by atoms with Gasteiger partial charge in [-0.2, -0.15) is 5.10 Å². The molecule has 3 N–H and O–H groups in total. The van der Waals surface area contributed by atoms with E-state index in [2.05, 4.69) is 24.8 Å². The lowest BCUT2D eigenvalue weighted by Crippen LogP contribution is -2.22. The average molecular weight is 453 g/mol. The SMILES string of the molecule is Nc1ncnc2c1c(-c1ccc(Oc3ccccc3)cc1)nn2C1CCN(Cc2ncc[nH]2)C1. The van der Waals surface area contributed by atoms with Crippen molar-refractivity contribution in [3.63, 3.8) is 0 Å². The van der Waals surface area contributed by atoms with E-state index in [1.165, 1.54) is 6.33 Å². The highest BCUT2D eigenvalue weighted by atomic mass is 16.5. The van der Waals surface area contributed by atoms with Gasteiger partial charge in [-0.25, -0.2) is 19.6 Å². The number of rotatable bonds is 6. The van der Waals surface area contributed by atoms with E-state index in [4.69, 9.17) is 15.6 Å². The van der Waals surface area contributed by atoms with Crippen LogP contribution in [0.25, 0.3) is 22.3 Å². The Morgan fingerprint density at radius 3 is 2.62 bits per heavy atom. The first-order valence-electron chi connectivity index (χ1n) is 11.3. The first kappa shape index (κ1) is 20.4. The molecule has 9 heteroatoms. The number of hydrogen-bond donors (Lipinski definition) is 2. The Hall–Kier alpha value is -4.24. The van der Waals surface area contributed by atoms with Gasteiger partial charge in [-0.15, -0.1) is 0 Å². The normalized spacial score (nSPS) is 16.3. The van der Waals surface area contributed by atoms with Crippen LogP contribution in [0.15, 0.2) is 73.3 Å². The maximum Gasteiger partial charge on any atom is 0.164 e. The fraction of sp³-hybridized carbons (Fsp3) is 0.200. The molecular formula is C25H24N8O. The highest BCUT2D eigenvalue weighted by molar-refractivity contribution is 5.98. The van der Waals surface area contributed by atoms with Crippen molar-refractivity contribution < 1.29 is 4.74 Å². The van der Waals surface area contributed by atoms with Crippen molar-refractivity contribution in [2.45, 2.75) is 19.0 Å². The summed E-state index contributed by atoms with van der Waals surface area (Å²) in [5.74, 6) is 2.95. The molecule has 2 aromatic carbocycles. The average Bonchev–Trinajstić information content (AvgIpc) is 3.61. The van der Waals surface area contributed by atoms with Gasteiger partial charge in [0.05, 0.1) is 18.0 Å². The van der Waals surface area contributed by atoms with E-state index >= 15 is 0 Å². The molecule has 0 spiro atoms. The predicted molar refractivity (Wildman–Crippen MR) is 129 cm³/mol. The van der Waals surface area contributed by atoms with Gasteiger partial charge in [-0.05, 0) is 42.8 Å². The molecule has 1 atom stereocenters. The second-order valence-corrected chi connectivity index (χ2v) is 8.40. The largest absolute Gasteiger partial charge is 0.457 e. The van der Waals surface area contributed by atoms with Gasteiger partial charge >= 0.3 is 0 Å². The Labute approximate surface area is 196 Å². The zero-order valence-corrected chi connectivity index (χ0v) is 18.5. The summed E-state index contributed by atoms with van der Waals surface area (Å²) in [6, 6.07) is 17.8.